The molecule has 1 aliphatic heterocycles. The topological polar surface area (TPSA) is 122 Å². The molecule has 0 amide bonds. The summed E-state index contributed by atoms with van der Waals surface area (Å²) in [5, 5.41) is 28.8. The van der Waals surface area contributed by atoms with Crippen LogP contribution in [0.4, 0.5) is 0 Å². The first-order valence-electron chi connectivity index (χ1n) is 8.46. The molecule has 7 nitrogen and oxygen atoms in total. The third-order valence-electron chi connectivity index (χ3n) is 4.43. The van der Waals surface area contributed by atoms with E-state index in [2.05, 4.69) is 4.74 Å². The van der Waals surface area contributed by atoms with Crippen molar-refractivity contribution >= 4 is 5.97 Å². The number of rotatable bonds is 10. The number of nitrogens with two attached hydrogens (primary N) is 1. The van der Waals surface area contributed by atoms with Crippen molar-refractivity contribution in [1.29, 1.82) is 0 Å². The fourth-order valence-electron chi connectivity index (χ4n) is 2.90. The van der Waals surface area contributed by atoms with Gasteiger partial charge in [-0.2, -0.15) is 0 Å². The van der Waals surface area contributed by atoms with Crippen molar-refractivity contribution in [3.63, 3.8) is 0 Å². The summed E-state index contributed by atoms with van der Waals surface area (Å²) in [4.78, 5) is 10.9. The summed E-state index contributed by atoms with van der Waals surface area (Å²) in [6.07, 6.45) is 3.78. The molecule has 5 N–H and O–H groups in total. The Morgan fingerprint density at radius 2 is 1.65 bits per heavy atom. The summed E-state index contributed by atoms with van der Waals surface area (Å²) >= 11 is 0. The average Bonchev–Trinajstić information content (AvgIpc) is 2.56. The number of ether oxygens (including phenoxy) is 2. The predicted molar refractivity (Wildman–Crippen MR) is 84.7 cm³/mol. The van der Waals surface area contributed by atoms with Crippen LogP contribution in [0.25, 0.3) is 0 Å². The Kier molecular flexibility index (Phi) is 9.66. The number of hydrogen-bond donors (Lipinski definition) is 4. The maximum atomic E-state index is 10.9. The molecule has 1 aliphatic rings. The molecule has 3 unspecified atom stereocenters. The molecule has 1 saturated heterocycles. The second-order valence-corrected chi connectivity index (χ2v) is 6.19. The molecule has 0 aromatic rings. The highest BCUT2D eigenvalue weighted by Crippen LogP contribution is 2.23. The zero-order valence-electron chi connectivity index (χ0n) is 13.9. The number of aliphatic hydroxyl groups excluding tert-OH is 3. The van der Waals surface area contributed by atoms with E-state index in [-0.39, 0.29) is 18.7 Å². The third kappa shape index (κ3) is 6.73. The molecule has 1 fully saturated rings. The van der Waals surface area contributed by atoms with Crippen molar-refractivity contribution in [2.45, 2.75) is 81.8 Å². The van der Waals surface area contributed by atoms with E-state index in [1.165, 1.54) is 7.11 Å². The SMILES string of the molecule is COC(=O)CCCCCCCC[C@@H]1OC(CO)[C@@H](O)C(O)C1N. The fraction of sp³-hybridized carbons (Fsp3) is 0.938. The molecule has 0 radical (unpaired) electrons. The molecule has 0 aliphatic carbocycles. The Balaban J connectivity index is 2.12. The second kappa shape index (κ2) is 10.9. The minimum atomic E-state index is -1.14. The highest BCUT2D eigenvalue weighted by atomic mass is 16.5. The van der Waals surface area contributed by atoms with Gasteiger partial charge in [-0.1, -0.05) is 32.1 Å². The van der Waals surface area contributed by atoms with Crippen molar-refractivity contribution in [2.24, 2.45) is 5.73 Å². The van der Waals surface area contributed by atoms with Gasteiger partial charge in [0, 0.05) is 6.42 Å². The van der Waals surface area contributed by atoms with E-state index in [4.69, 9.17) is 15.6 Å². The Morgan fingerprint density at radius 1 is 1.04 bits per heavy atom. The van der Waals surface area contributed by atoms with E-state index in [1.807, 2.05) is 0 Å². The average molecular weight is 333 g/mol. The quantitative estimate of drug-likeness (QED) is 0.330. The number of unbranched alkanes of at least 4 members (excludes halogenated alkanes) is 5. The molecule has 0 aromatic carbocycles. The summed E-state index contributed by atoms with van der Waals surface area (Å²) in [7, 11) is 1.40. The van der Waals surface area contributed by atoms with Crippen LogP contribution in [0.2, 0.25) is 0 Å². The largest absolute Gasteiger partial charge is 0.469 e. The van der Waals surface area contributed by atoms with Crippen molar-refractivity contribution in [2.75, 3.05) is 13.7 Å². The highest BCUT2D eigenvalue weighted by molar-refractivity contribution is 5.68. The molecule has 1 heterocycles. The predicted octanol–water partition coefficient (Wildman–Crippen LogP) is 0.0890. The van der Waals surface area contributed by atoms with Gasteiger partial charge in [0.05, 0.1) is 25.9 Å². The lowest BCUT2D eigenvalue weighted by Gasteiger charge is -2.41. The van der Waals surface area contributed by atoms with E-state index in [1.54, 1.807) is 0 Å². The van der Waals surface area contributed by atoms with E-state index in [0.29, 0.717) is 12.8 Å². The third-order valence-corrected chi connectivity index (χ3v) is 4.43. The summed E-state index contributed by atoms with van der Waals surface area (Å²) in [5.41, 5.74) is 5.89. The van der Waals surface area contributed by atoms with E-state index in [0.717, 1.165) is 38.5 Å². The number of esters is 1. The van der Waals surface area contributed by atoms with Crippen LogP contribution in [0.3, 0.4) is 0 Å². The molecule has 0 aromatic heterocycles. The first-order valence-corrected chi connectivity index (χ1v) is 8.46. The molecule has 0 bridgehead atoms. The standard InChI is InChI=1S/C16H31NO6/c1-22-13(19)9-7-5-3-2-4-6-8-11-14(17)16(21)15(20)12(10-18)23-11/h11-12,14-16,18,20-21H,2-10,17H2,1H3/t11-,12?,14?,15+,16?/m0/s1. The molecule has 23 heavy (non-hydrogen) atoms. The Hall–Kier alpha value is -0.730. The van der Waals surface area contributed by atoms with Crippen LogP contribution in [0.1, 0.15) is 51.4 Å². The van der Waals surface area contributed by atoms with Gasteiger partial charge in [0.1, 0.15) is 18.3 Å². The molecule has 7 heteroatoms. The second-order valence-electron chi connectivity index (χ2n) is 6.19. The van der Waals surface area contributed by atoms with Gasteiger partial charge in [0.2, 0.25) is 0 Å². The van der Waals surface area contributed by atoms with Gasteiger partial charge in [-0.05, 0) is 12.8 Å². The molecule has 0 spiro atoms. The van der Waals surface area contributed by atoms with Crippen LogP contribution >= 0.6 is 0 Å². The van der Waals surface area contributed by atoms with E-state index < -0.39 is 24.4 Å². The fourth-order valence-corrected chi connectivity index (χ4v) is 2.90. The smallest absolute Gasteiger partial charge is 0.305 e. The number of carbonyl (C=O) groups is 1. The normalized spacial score (nSPS) is 31.1. The first kappa shape index (κ1) is 20.3. The Morgan fingerprint density at radius 3 is 2.26 bits per heavy atom. The van der Waals surface area contributed by atoms with Gasteiger partial charge in [-0.25, -0.2) is 0 Å². The number of carbonyl (C=O) groups excluding carboxylic acids is 1. The van der Waals surface area contributed by atoms with Crippen LogP contribution in [0, 0.1) is 0 Å². The Labute approximate surface area is 137 Å². The highest BCUT2D eigenvalue weighted by Gasteiger charge is 2.41. The maximum absolute atomic E-state index is 10.9. The lowest BCUT2D eigenvalue weighted by molar-refractivity contribution is -0.190. The van der Waals surface area contributed by atoms with Crippen LogP contribution < -0.4 is 5.73 Å². The number of methoxy groups -OCH3 is 1. The minimum absolute atomic E-state index is 0.160. The lowest BCUT2D eigenvalue weighted by atomic mass is 9.90. The van der Waals surface area contributed by atoms with Crippen molar-refractivity contribution in [3.8, 4) is 0 Å². The van der Waals surface area contributed by atoms with Crippen molar-refractivity contribution in [3.05, 3.63) is 0 Å². The van der Waals surface area contributed by atoms with Gasteiger partial charge in [-0.15, -0.1) is 0 Å². The van der Waals surface area contributed by atoms with Gasteiger partial charge in [0.15, 0.2) is 0 Å². The summed E-state index contributed by atoms with van der Waals surface area (Å²) in [5.74, 6) is -0.160. The molecule has 0 saturated carbocycles. The van der Waals surface area contributed by atoms with Crippen molar-refractivity contribution < 1.29 is 29.6 Å². The van der Waals surface area contributed by atoms with Crippen LogP contribution in [-0.4, -0.2) is 65.5 Å². The van der Waals surface area contributed by atoms with Gasteiger partial charge >= 0.3 is 5.97 Å². The van der Waals surface area contributed by atoms with E-state index >= 15 is 0 Å². The van der Waals surface area contributed by atoms with Gasteiger partial charge in [-0.3, -0.25) is 4.79 Å². The Bertz CT molecular complexity index is 339. The van der Waals surface area contributed by atoms with Gasteiger partial charge in [0.25, 0.3) is 0 Å². The maximum Gasteiger partial charge on any atom is 0.305 e. The summed E-state index contributed by atoms with van der Waals surface area (Å²) < 4.78 is 10.2. The zero-order chi connectivity index (χ0) is 17.2. The minimum Gasteiger partial charge on any atom is -0.469 e. The number of aliphatic hydroxyl groups is 3. The van der Waals surface area contributed by atoms with Crippen LogP contribution in [0.5, 0.6) is 0 Å². The molecule has 1 rings (SSSR count). The van der Waals surface area contributed by atoms with Crippen molar-refractivity contribution in [1.82, 2.24) is 0 Å². The molecule has 136 valence electrons. The lowest BCUT2D eigenvalue weighted by Crippen LogP contribution is -2.61. The molecule has 5 atom stereocenters. The molecular formula is C16H31NO6. The van der Waals surface area contributed by atoms with E-state index in [9.17, 15) is 15.0 Å². The summed E-state index contributed by atoms with van der Waals surface area (Å²) in [6, 6.07) is -0.632. The monoisotopic (exact) mass is 333 g/mol. The number of hydrogen-bond acceptors (Lipinski definition) is 7. The first-order chi connectivity index (χ1) is 11.0. The van der Waals surface area contributed by atoms with Gasteiger partial charge < -0.3 is 30.5 Å². The molecular weight excluding hydrogens is 302 g/mol. The van der Waals surface area contributed by atoms with Crippen LogP contribution in [0.15, 0.2) is 0 Å². The van der Waals surface area contributed by atoms with Crippen LogP contribution in [-0.2, 0) is 14.3 Å². The zero-order valence-corrected chi connectivity index (χ0v) is 13.9. The summed E-state index contributed by atoms with van der Waals surface area (Å²) in [6.45, 7) is -0.332.